The molecule has 2 fully saturated rings. The summed E-state index contributed by atoms with van der Waals surface area (Å²) in [5.74, 6) is 1.93. The van der Waals surface area contributed by atoms with Crippen molar-refractivity contribution in [1.82, 2.24) is 10.3 Å². The van der Waals surface area contributed by atoms with Crippen LogP contribution in [0.2, 0.25) is 0 Å². The zero-order valence-corrected chi connectivity index (χ0v) is 13.6. The molecule has 2 heterocycles. The molecule has 0 aromatic carbocycles. The summed E-state index contributed by atoms with van der Waals surface area (Å²) in [6, 6.07) is 0.540. The minimum atomic E-state index is 0.540. The van der Waals surface area contributed by atoms with E-state index in [9.17, 15) is 0 Å². The van der Waals surface area contributed by atoms with Crippen LogP contribution >= 0.6 is 11.3 Å². The number of nitrogens with zero attached hydrogens (tertiary/aromatic N) is 2. The Labute approximate surface area is 126 Å². The summed E-state index contributed by atoms with van der Waals surface area (Å²) in [5, 5.41) is 4.72. The van der Waals surface area contributed by atoms with Gasteiger partial charge in [0.15, 0.2) is 5.13 Å². The van der Waals surface area contributed by atoms with Gasteiger partial charge in [-0.2, -0.15) is 0 Å². The van der Waals surface area contributed by atoms with Gasteiger partial charge in [-0.25, -0.2) is 4.98 Å². The van der Waals surface area contributed by atoms with Crippen molar-refractivity contribution in [2.45, 2.75) is 58.5 Å². The molecule has 0 spiro atoms. The molecule has 2 unspecified atom stereocenters. The number of nitrogens with one attached hydrogen (secondary N) is 1. The summed E-state index contributed by atoms with van der Waals surface area (Å²) in [7, 11) is 0. The van der Waals surface area contributed by atoms with Crippen molar-refractivity contribution in [3.63, 3.8) is 0 Å². The SMILES string of the molecule is CC(C)NCc1cnc(N2CCC3CCCCC3C2)s1. The van der Waals surface area contributed by atoms with Crippen molar-refractivity contribution in [3.8, 4) is 0 Å². The third-order valence-corrected chi connectivity index (χ3v) is 5.85. The van der Waals surface area contributed by atoms with Gasteiger partial charge in [-0.15, -0.1) is 11.3 Å². The van der Waals surface area contributed by atoms with Crippen LogP contribution in [0.1, 0.15) is 50.8 Å². The largest absolute Gasteiger partial charge is 0.348 e. The molecule has 2 aliphatic rings. The standard InChI is InChI=1S/C16H27N3S/c1-12(2)17-9-15-10-18-16(20-15)19-8-7-13-5-3-4-6-14(13)11-19/h10,12-14,17H,3-9,11H2,1-2H3. The highest BCUT2D eigenvalue weighted by atomic mass is 32.1. The van der Waals surface area contributed by atoms with Gasteiger partial charge in [0.2, 0.25) is 0 Å². The Morgan fingerprint density at radius 2 is 2.10 bits per heavy atom. The van der Waals surface area contributed by atoms with E-state index in [0.29, 0.717) is 6.04 Å². The average molecular weight is 293 g/mol. The fourth-order valence-corrected chi connectivity index (χ4v) is 4.50. The van der Waals surface area contributed by atoms with E-state index < -0.39 is 0 Å². The van der Waals surface area contributed by atoms with E-state index in [4.69, 9.17) is 0 Å². The van der Waals surface area contributed by atoms with Gasteiger partial charge in [-0.05, 0) is 24.7 Å². The van der Waals surface area contributed by atoms with E-state index in [1.807, 2.05) is 11.3 Å². The molecule has 1 aromatic rings. The summed E-state index contributed by atoms with van der Waals surface area (Å²) in [4.78, 5) is 8.56. The molecular weight excluding hydrogens is 266 g/mol. The summed E-state index contributed by atoms with van der Waals surface area (Å²) in [6.07, 6.45) is 9.25. The van der Waals surface area contributed by atoms with Gasteiger partial charge >= 0.3 is 0 Å². The van der Waals surface area contributed by atoms with Crippen molar-refractivity contribution >= 4 is 16.5 Å². The monoisotopic (exact) mass is 293 g/mol. The minimum absolute atomic E-state index is 0.540. The van der Waals surface area contributed by atoms with E-state index in [1.54, 1.807) is 0 Å². The number of hydrogen-bond acceptors (Lipinski definition) is 4. The van der Waals surface area contributed by atoms with Gasteiger partial charge in [0, 0.05) is 36.8 Å². The third-order valence-electron chi connectivity index (χ3n) is 4.79. The van der Waals surface area contributed by atoms with E-state index in [2.05, 4.69) is 35.2 Å². The molecule has 0 radical (unpaired) electrons. The summed E-state index contributed by atoms with van der Waals surface area (Å²) >= 11 is 1.87. The van der Waals surface area contributed by atoms with Gasteiger partial charge < -0.3 is 10.2 Å². The molecule has 2 atom stereocenters. The van der Waals surface area contributed by atoms with Crippen LogP contribution in [0.5, 0.6) is 0 Å². The molecule has 4 heteroatoms. The second kappa shape index (κ2) is 6.44. The summed E-state index contributed by atoms with van der Waals surface area (Å²) in [6.45, 7) is 7.79. The van der Waals surface area contributed by atoms with Crippen LogP contribution in [0.25, 0.3) is 0 Å². The third kappa shape index (κ3) is 3.34. The fourth-order valence-electron chi connectivity index (χ4n) is 3.60. The molecule has 20 heavy (non-hydrogen) atoms. The lowest BCUT2D eigenvalue weighted by atomic mass is 9.75. The quantitative estimate of drug-likeness (QED) is 0.918. The Morgan fingerprint density at radius 3 is 2.90 bits per heavy atom. The zero-order chi connectivity index (χ0) is 13.9. The van der Waals surface area contributed by atoms with Crippen LogP contribution in [0.4, 0.5) is 5.13 Å². The van der Waals surface area contributed by atoms with E-state index >= 15 is 0 Å². The number of hydrogen-bond donors (Lipinski definition) is 1. The molecular formula is C16H27N3S. The highest BCUT2D eigenvalue weighted by molar-refractivity contribution is 7.15. The first kappa shape index (κ1) is 14.3. The maximum absolute atomic E-state index is 4.66. The van der Waals surface area contributed by atoms with Crippen LogP contribution in [-0.2, 0) is 6.54 Å². The molecule has 1 N–H and O–H groups in total. The Balaban J connectivity index is 1.59. The number of anilines is 1. The van der Waals surface area contributed by atoms with Crippen LogP contribution in [0.15, 0.2) is 6.20 Å². The number of rotatable bonds is 4. The van der Waals surface area contributed by atoms with Crippen molar-refractivity contribution in [3.05, 3.63) is 11.1 Å². The second-order valence-electron chi connectivity index (χ2n) is 6.68. The van der Waals surface area contributed by atoms with Crippen molar-refractivity contribution in [1.29, 1.82) is 0 Å². The number of thiazole rings is 1. The van der Waals surface area contributed by atoms with Crippen LogP contribution in [0, 0.1) is 11.8 Å². The maximum Gasteiger partial charge on any atom is 0.185 e. The van der Waals surface area contributed by atoms with Gasteiger partial charge in [0.1, 0.15) is 0 Å². The van der Waals surface area contributed by atoms with Crippen molar-refractivity contribution in [2.75, 3.05) is 18.0 Å². The topological polar surface area (TPSA) is 28.2 Å². The molecule has 1 aromatic heterocycles. The van der Waals surface area contributed by atoms with Gasteiger partial charge in [-0.3, -0.25) is 0 Å². The van der Waals surface area contributed by atoms with Gasteiger partial charge in [0.05, 0.1) is 0 Å². The maximum atomic E-state index is 4.66. The summed E-state index contributed by atoms with van der Waals surface area (Å²) < 4.78 is 0. The lowest BCUT2D eigenvalue weighted by molar-refractivity contribution is 0.202. The first-order chi connectivity index (χ1) is 9.72. The predicted molar refractivity (Wildman–Crippen MR) is 86.4 cm³/mol. The Morgan fingerprint density at radius 1 is 1.30 bits per heavy atom. The zero-order valence-electron chi connectivity index (χ0n) is 12.8. The molecule has 1 aliphatic heterocycles. The van der Waals surface area contributed by atoms with E-state index in [1.165, 1.54) is 55.2 Å². The Kier molecular flexibility index (Phi) is 4.61. The molecule has 112 valence electrons. The van der Waals surface area contributed by atoms with E-state index in [-0.39, 0.29) is 0 Å². The molecule has 1 saturated carbocycles. The highest BCUT2D eigenvalue weighted by Crippen LogP contribution is 2.38. The Hall–Kier alpha value is -0.610. The van der Waals surface area contributed by atoms with Crippen molar-refractivity contribution < 1.29 is 0 Å². The van der Waals surface area contributed by atoms with E-state index in [0.717, 1.165) is 18.4 Å². The molecule has 0 amide bonds. The number of fused-ring (bicyclic) bond motifs is 1. The van der Waals surface area contributed by atoms with Crippen LogP contribution < -0.4 is 10.2 Å². The molecule has 1 aliphatic carbocycles. The molecule has 1 saturated heterocycles. The molecule has 0 bridgehead atoms. The number of piperidine rings is 1. The van der Waals surface area contributed by atoms with Crippen LogP contribution in [0.3, 0.4) is 0 Å². The Bertz CT molecular complexity index is 429. The van der Waals surface area contributed by atoms with Crippen LogP contribution in [-0.4, -0.2) is 24.1 Å². The predicted octanol–water partition coefficient (Wildman–Crippen LogP) is 3.66. The lowest BCUT2D eigenvalue weighted by Gasteiger charge is -2.41. The first-order valence-corrected chi connectivity index (χ1v) is 8.97. The first-order valence-electron chi connectivity index (χ1n) is 8.15. The normalized spacial score (nSPS) is 26.9. The lowest BCUT2D eigenvalue weighted by Crippen LogP contribution is -2.41. The van der Waals surface area contributed by atoms with Gasteiger partial charge in [0.25, 0.3) is 0 Å². The van der Waals surface area contributed by atoms with Crippen molar-refractivity contribution in [2.24, 2.45) is 11.8 Å². The number of aromatic nitrogens is 1. The smallest absolute Gasteiger partial charge is 0.185 e. The fraction of sp³-hybridized carbons (Fsp3) is 0.812. The minimum Gasteiger partial charge on any atom is -0.348 e. The molecule has 3 rings (SSSR count). The highest BCUT2D eigenvalue weighted by Gasteiger charge is 2.31. The summed E-state index contributed by atoms with van der Waals surface area (Å²) in [5.41, 5.74) is 0. The second-order valence-corrected chi connectivity index (χ2v) is 7.78. The van der Waals surface area contributed by atoms with Gasteiger partial charge in [-0.1, -0.05) is 33.1 Å². The molecule has 3 nitrogen and oxygen atoms in total. The average Bonchev–Trinajstić information content (AvgIpc) is 2.93.